The van der Waals surface area contributed by atoms with Gasteiger partial charge in [-0.3, -0.25) is 9.69 Å². The summed E-state index contributed by atoms with van der Waals surface area (Å²) in [5.41, 5.74) is 3.21. The zero-order chi connectivity index (χ0) is 18.8. The van der Waals surface area contributed by atoms with E-state index in [0.29, 0.717) is 15.8 Å². The third-order valence-electron chi connectivity index (χ3n) is 4.65. The minimum absolute atomic E-state index is 0.0205. The Morgan fingerprint density at radius 2 is 1.89 bits per heavy atom. The molecule has 3 nitrogen and oxygen atoms in total. The van der Waals surface area contributed by atoms with Crippen molar-refractivity contribution in [3.05, 3.63) is 82.3 Å². The topological polar surface area (TPSA) is 29.5 Å². The standard InChI is InChI=1S/C22H19NO2S2/c1-15-18(13-17-9-5-6-10-19(17)25-15)14-20-21(24)23(22(26)27-20)12-11-16-7-3-2-4-8-16/h2-10,13-15H,11-12H2,1H3/b20-14-/t15-/m0/s1. The highest BCUT2D eigenvalue weighted by Crippen LogP contribution is 2.35. The lowest BCUT2D eigenvalue weighted by Gasteiger charge is -2.23. The van der Waals surface area contributed by atoms with Gasteiger partial charge in [-0.2, -0.15) is 0 Å². The number of hydrogen-bond donors (Lipinski definition) is 0. The number of rotatable bonds is 4. The fourth-order valence-corrected chi connectivity index (χ4v) is 4.46. The van der Waals surface area contributed by atoms with Crippen molar-refractivity contribution in [1.82, 2.24) is 4.90 Å². The van der Waals surface area contributed by atoms with Gasteiger partial charge < -0.3 is 4.74 Å². The van der Waals surface area contributed by atoms with Crippen LogP contribution in [0.1, 0.15) is 18.1 Å². The Morgan fingerprint density at radius 3 is 2.70 bits per heavy atom. The van der Waals surface area contributed by atoms with E-state index in [4.69, 9.17) is 17.0 Å². The molecular weight excluding hydrogens is 374 g/mol. The molecular formula is C22H19NO2S2. The summed E-state index contributed by atoms with van der Waals surface area (Å²) in [4.78, 5) is 15.2. The van der Waals surface area contributed by atoms with Crippen LogP contribution in [-0.4, -0.2) is 27.8 Å². The van der Waals surface area contributed by atoms with Crippen LogP contribution in [0.3, 0.4) is 0 Å². The summed E-state index contributed by atoms with van der Waals surface area (Å²) in [6.45, 7) is 2.59. The van der Waals surface area contributed by atoms with Crippen LogP contribution >= 0.6 is 24.0 Å². The Hall–Kier alpha value is -2.37. The quantitative estimate of drug-likeness (QED) is 0.549. The lowest BCUT2D eigenvalue weighted by atomic mass is 10.0. The molecule has 1 fully saturated rings. The second-order valence-corrected chi connectivity index (χ2v) is 8.19. The lowest BCUT2D eigenvalue weighted by molar-refractivity contribution is -0.122. The molecule has 2 aliphatic rings. The Morgan fingerprint density at radius 1 is 1.15 bits per heavy atom. The van der Waals surface area contributed by atoms with E-state index in [2.05, 4.69) is 18.2 Å². The van der Waals surface area contributed by atoms with Crippen molar-refractivity contribution in [2.45, 2.75) is 19.4 Å². The van der Waals surface area contributed by atoms with Crippen LogP contribution in [0.15, 0.2) is 71.2 Å². The summed E-state index contributed by atoms with van der Waals surface area (Å²) in [7, 11) is 0. The summed E-state index contributed by atoms with van der Waals surface area (Å²) in [5, 5.41) is 0. The van der Waals surface area contributed by atoms with E-state index in [1.165, 1.54) is 17.3 Å². The second kappa shape index (κ2) is 7.71. The molecule has 27 heavy (non-hydrogen) atoms. The Bertz CT molecular complexity index is 950. The highest BCUT2D eigenvalue weighted by molar-refractivity contribution is 8.26. The number of amides is 1. The normalized spacial score (nSPS) is 20.5. The number of hydrogen-bond acceptors (Lipinski definition) is 4. The summed E-state index contributed by atoms with van der Waals surface area (Å²) in [6, 6.07) is 18.1. The van der Waals surface area contributed by atoms with Crippen LogP contribution in [0.2, 0.25) is 0 Å². The number of thiocarbonyl (C=S) groups is 1. The molecule has 2 aromatic carbocycles. The van der Waals surface area contributed by atoms with Crippen molar-refractivity contribution in [1.29, 1.82) is 0 Å². The van der Waals surface area contributed by atoms with Crippen LogP contribution in [0.25, 0.3) is 6.08 Å². The number of nitrogens with zero attached hydrogens (tertiary/aromatic N) is 1. The molecule has 4 rings (SSSR count). The summed E-state index contributed by atoms with van der Waals surface area (Å²) in [5.74, 6) is 0.852. The minimum Gasteiger partial charge on any atom is -0.485 e. The molecule has 5 heteroatoms. The van der Waals surface area contributed by atoms with Crippen LogP contribution in [0.5, 0.6) is 5.75 Å². The third kappa shape index (κ3) is 3.84. The van der Waals surface area contributed by atoms with Crippen LogP contribution in [0.4, 0.5) is 0 Å². The van der Waals surface area contributed by atoms with Gasteiger partial charge in [-0.05, 0) is 42.7 Å². The zero-order valence-electron chi connectivity index (χ0n) is 14.9. The van der Waals surface area contributed by atoms with Gasteiger partial charge in [0.2, 0.25) is 0 Å². The molecule has 136 valence electrons. The molecule has 0 saturated carbocycles. The molecule has 2 aromatic rings. The smallest absolute Gasteiger partial charge is 0.266 e. The van der Waals surface area contributed by atoms with Crippen molar-refractivity contribution < 1.29 is 9.53 Å². The predicted octanol–water partition coefficient (Wildman–Crippen LogP) is 4.84. The van der Waals surface area contributed by atoms with E-state index in [1.54, 1.807) is 4.90 Å². The maximum atomic E-state index is 12.8. The average Bonchev–Trinajstić information content (AvgIpc) is 2.94. The molecule has 1 amide bonds. The maximum absolute atomic E-state index is 12.8. The van der Waals surface area contributed by atoms with Gasteiger partial charge in [0.25, 0.3) is 5.91 Å². The molecule has 0 radical (unpaired) electrons. The van der Waals surface area contributed by atoms with Gasteiger partial charge >= 0.3 is 0 Å². The van der Waals surface area contributed by atoms with E-state index in [0.717, 1.165) is 23.3 Å². The fraction of sp³-hybridized carbons (Fsp3) is 0.182. The zero-order valence-corrected chi connectivity index (χ0v) is 16.6. The summed E-state index contributed by atoms with van der Waals surface area (Å²) < 4.78 is 6.59. The van der Waals surface area contributed by atoms with Crippen molar-refractivity contribution in [3.8, 4) is 5.75 Å². The lowest BCUT2D eigenvalue weighted by Crippen LogP contribution is -2.30. The fourth-order valence-electron chi connectivity index (χ4n) is 3.15. The van der Waals surface area contributed by atoms with Gasteiger partial charge in [-0.25, -0.2) is 0 Å². The number of carbonyl (C=O) groups is 1. The Labute approximate surface area is 168 Å². The maximum Gasteiger partial charge on any atom is 0.266 e. The highest BCUT2D eigenvalue weighted by atomic mass is 32.2. The molecule has 0 aliphatic carbocycles. The van der Waals surface area contributed by atoms with Crippen LogP contribution in [-0.2, 0) is 11.2 Å². The predicted molar refractivity (Wildman–Crippen MR) is 115 cm³/mol. The first kappa shape index (κ1) is 18.0. The van der Waals surface area contributed by atoms with E-state index in [-0.39, 0.29) is 12.0 Å². The highest BCUT2D eigenvalue weighted by Gasteiger charge is 2.32. The molecule has 0 spiro atoms. The molecule has 1 atom stereocenters. The van der Waals surface area contributed by atoms with Gasteiger partial charge in [0.05, 0.1) is 4.91 Å². The Balaban J connectivity index is 1.52. The molecule has 0 N–H and O–H groups in total. The SMILES string of the molecule is C[C@@H]1Oc2ccccc2C=C1/C=C1\SC(=S)N(CCc2ccccc2)C1=O. The summed E-state index contributed by atoms with van der Waals surface area (Å²) in [6.07, 6.45) is 4.69. The molecule has 1 saturated heterocycles. The van der Waals surface area contributed by atoms with Gasteiger partial charge in [-0.15, -0.1) is 0 Å². The first-order valence-electron chi connectivity index (χ1n) is 8.88. The van der Waals surface area contributed by atoms with Gasteiger partial charge in [0, 0.05) is 12.1 Å². The van der Waals surface area contributed by atoms with E-state index < -0.39 is 0 Å². The number of thioether (sulfide) groups is 1. The summed E-state index contributed by atoms with van der Waals surface area (Å²) >= 11 is 6.81. The number of para-hydroxylation sites is 1. The second-order valence-electron chi connectivity index (χ2n) is 6.51. The van der Waals surface area contributed by atoms with Crippen LogP contribution < -0.4 is 4.74 Å². The Kier molecular flexibility index (Phi) is 5.14. The first-order chi connectivity index (χ1) is 13.1. The van der Waals surface area contributed by atoms with E-state index >= 15 is 0 Å². The molecule has 2 aliphatic heterocycles. The monoisotopic (exact) mass is 393 g/mol. The van der Waals surface area contributed by atoms with E-state index in [1.807, 2.05) is 55.5 Å². The van der Waals surface area contributed by atoms with E-state index in [9.17, 15) is 4.79 Å². The van der Waals surface area contributed by atoms with Crippen molar-refractivity contribution in [2.75, 3.05) is 6.54 Å². The van der Waals surface area contributed by atoms with Crippen LogP contribution in [0, 0.1) is 0 Å². The number of fused-ring (bicyclic) bond motifs is 1. The van der Waals surface area contributed by atoms with Gasteiger partial charge in [0.15, 0.2) is 0 Å². The molecule has 0 bridgehead atoms. The van der Waals surface area contributed by atoms with Gasteiger partial charge in [0.1, 0.15) is 16.2 Å². The number of benzene rings is 2. The van der Waals surface area contributed by atoms with Crippen molar-refractivity contribution in [2.24, 2.45) is 0 Å². The molecule has 2 heterocycles. The number of ether oxygens (including phenoxy) is 1. The number of carbonyl (C=O) groups excluding carboxylic acids is 1. The van der Waals surface area contributed by atoms with Gasteiger partial charge in [-0.1, -0.05) is 72.5 Å². The largest absolute Gasteiger partial charge is 0.485 e. The molecule has 0 unspecified atom stereocenters. The third-order valence-corrected chi connectivity index (χ3v) is 6.03. The average molecular weight is 394 g/mol. The molecule has 0 aromatic heterocycles. The van der Waals surface area contributed by atoms with Crippen molar-refractivity contribution in [3.63, 3.8) is 0 Å². The van der Waals surface area contributed by atoms with Crippen molar-refractivity contribution >= 4 is 40.3 Å². The minimum atomic E-state index is -0.104. The first-order valence-corrected chi connectivity index (χ1v) is 10.1.